The molecule has 0 aliphatic heterocycles. The molecule has 0 saturated heterocycles. The number of hydrogen-bond acceptors (Lipinski definition) is 4. The summed E-state index contributed by atoms with van der Waals surface area (Å²) in [7, 11) is -8.33. The standard InChI is InChI=1S/C17H19NO4S2/c1-14(15-12-13-15)18(23(19,20)16-8-4-2-5-9-16)24(21,22)17-10-6-3-7-11-17/h2-11,14-15H,12-13H2,1H3. The second-order valence-corrected chi connectivity index (χ2v) is 9.80. The Morgan fingerprint density at radius 2 is 1.17 bits per heavy atom. The van der Waals surface area contributed by atoms with E-state index in [1.54, 1.807) is 43.3 Å². The van der Waals surface area contributed by atoms with Gasteiger partial charge in [-0.2, -0.15) is 0 Å². The molecule has 0 aromatic heterocycles. The van der Waals surface area contributed by atoms with Crippen LogP contribution in [0.15, 0.2) is 70.5 Å². The highest BCUT2D eigenvalue weighted by atomic mass is 32.3. The molecule has 128 valence electrons. The molecule has 0 amide bonds. The lowest BCUT2D eigenvalue weighted by molar-refractivity contribution is 0.409. The van der Waals surface area contributed by atoms with E-state index in [2.05, 4.69) is 0 Å². The first-order valence-electron chi connectivity index (χ1n) is 7.75. The molecule has 0 spiro atoms. The maximum absolute atomic E-state index is 13.1. The zero-order valence-electron chi connectivity index (χ0n) is 13.2. The van der Waals surface area contributed by atoms with Gasteiger partial charge < -0.3 is 0 Å². The third-order valence-electron chi connectivity index (χ3n) is 4.19. The van der Waals surface area contributed by atoms with Crippen LogP contribution in [0.5, 0.6) is 0 Å². The third-order valence-corrected chi connectivity index (χ3v) is 8.72. The average molecular weight is 365 g/mol. The van der Waals surface area contributed by atoms with Crippen LogP contribution in [0.3, 0.4) is 0 Å². The predicted molar refractivity (Wildman–Crippen MR) is 91.3 cm³/mol. The molecule has 1 unspecified atom stereocenters. The Balaban J connectivity index is 2.15. The maximum atomic E-state index is 13.1. The second-order valence-electron chi connectivity index (χ2n) is 5.94. The van der Waals surface area contributed by atoms with E-state index in [-0.39, 0.29) is 15.7 Å². The van der Waals surface area contributed by atoms with Gasteiger partial charge in [0.05, 0.1) is 9.79 Å². The fourth-order valence-electron chi connectivity index (χ4n) is 2.71. The average Bonchev–Trinajstić information content (AvgIpc) is 3.41. The molecule has 3 rings (SSSR count). The van der Waals surface area contributed by atoms with Crippen molar-refractivity contribution in [2.75, 3.05) is 0 Å². The van der Waals surface area contributed by atoms with Crippen molar-refractivity contribution in [3.05, 3.63) is 60.7 Å². The number of benzene rings is 2. The molecule has 7 heteroatoms. The summed E-state index contributed by atoms with van der Waals surface area (Å²) in [5, 5.41) is 0. The van der Waals surface area contributed by atoms with Crippen LogP contribution in [0.1, 0.15) is 19.8 Å². The summed E-state index contributed by atoms with van der Waals surface area (Å²) >= 11 is 0. The van der Waals surface area contributed by atoms with Gasteiger partial charge >= 0.3 is 0 Å². The topological polar surface area (TPSA) is 71.5 Å². The zero-order chi connectivity index (χ0) is 17.4. The lowest BCUT2D eigenvalue weighted by Crippen LogP contribution is -2.44. The summed E-state index contributed by atoms with van der Waals surface area (Å²) in [6, 6.07) is 14.8. The van der Waals surface area contributed by atoms with Crippen molar-refractivity contribution in [1.29, 1.82) is 0 Å². The lowest BCUT2D eigenvalue weighted by Gasteiger charge is -2.27. The fraction of sp³-hybridized carbons (Fsp3) is 0.294. The molecule has 1 fully saturated rings. The van der Waals surface area contributed by atoms with E-state index in [1.807, 2.05) is 0 Å². The van der Waals surface area contributed by atoms with Crippen molar-refractivity contribution in [1.82, 2.24) is 3.71 Å². The van der Waals surface area contributed by atoms with E-state index in [9.17, 15) is 16.8 Å². The molecule has 0 heterocycles. The van der Waals surface area contributed by atoms with Crippen molar-refractivity contribution in [2.24, 2.45) is 5.92 Å². The van der Waals surface area contributed by atoms with Gasteiger partial charge in [0.2, 0.25) is 0 Å². The normalized spacial score (nSPS) is 16.9. The van der Waals surface area contributed by atoms with E-state index in [0.29, 0.717) is 3.71 Å². The summed E-state index contributed by atoms with van der Waals surface area (Å²) in [5.41, 5.74) is 0. The van der Waals surface area contributed by atoms with Gasteiger partial charge in [0, 0.05) is 6.04 Å². The van der Waals surface area contributed by atoms with Crippen LogP contribution in [0.4, 0.5) is 0 Å². The van der Waals surface area contributed by atoms with Crippen molar-refractivity contribution < 1.29 is 16.8 Å². The van der Waals surface area contributed by atoms with Gasteiger partial charge in [0.25, 0.3) is 20.0 Å². The monoisotopic (exact) mass is 365 g/mol. The zero-order valence-corrected chi connectivity index (χ0v) is 14.9. The second kappa shape index (κ2) is 6.31. The Labute approximate surface area is 143 Å². The smallest absolute Gasteiger partial charge is 0.206 e. The van der Waals surface area contributed by atoms with Gasteiger partial charge in [-0.15, -0.1) is 0 Å². The number of hydrogen-bond donors (Lipinski definition) is 0. The van der Waals surface area contributed by atoms with Crippen molar-refractivity contribution in [3.8, 4) is 0 Å². The first-order chi connectivity index (χ1) is 11.3. The molecule has 1 aliphatic carbocycles. The van der Waals surface area contributed by atoms with E-state index in [4.69, 9.17) is 0 Å². The summed E-state index contributed by atoms with van der Waals surface area (Å²) in [4.78, 5) is -0.0333. The lowest BCUT2D eigenvalue weighted by atomic mass is 10.2. The molecule has 0 N–H and O–H groups in total. The molecule has 0 radical (unpaired) electrons. The Bertz CT molecular complexity index is 836. The summed E-state index contributed by atoms with van der Waals surface area (Å²) in [5.74, 6) is 0.0713. The fourth-order valence-corrected chi connectivity index (χ4v) is 6.90. The number of sulfonamides is 2. The van der Waals surface area contributed by atoms with E-state index >= 15 is 0 Å². The highest BCUT2D eigenvalue weighted by molar-refractivity contribution is 8.04. The Morgan fingerprint density at radius 3 is 1.50 bits per heavy atom. The van der Waals surface area contributed by atoms with Crippen LogP contribution in [0.2, 0.25) is 0 Å². The summed E-state index contributed by atoms with van der Waals surface area (Å²) in [6.45, 7) is 1.67. The molecule has 2 aromatic rings. The van der Waals surface area contributed by atoms with Crippen LogP contribution >= 0.6 is 0 Å². The van der Waals surface area contributed by atoms with Crippen LogP contribution in [0.25, 0.3) is 0 Å². The van der Waals surface area contributed by atoms with Gasteiger partial charge in [0.1, 0.15) is 0 Å². The van der Waals surface area contributed by atoms with Gasteiger partial charge in [-0.3, -0.25) is 0 Å². The van der Waals surface area contributed by atoms with Crippen LogP contribution < -0.4 is 0 Å². The predicted octanol–water partition coefficient (Wildman–Crippen LogP) is 2.86. The SMILES string of the molecule is CC(C1CC1)N(S(=O)(=O)c1ccccc1)S(=O)(=O)c1ccccc1. The molecule has 1 aliphatic rings. The summed E-state index contributed by atoms with van der Waals surface area (Å²) in [6.07, 6.45) is 1.68. The molecular weight excluding hydrogens is 346 g/mol. The maximum Gasteiger partial charge on any atom is 0.256 e. The molecule has 2 aromatic carbocycles. The largest absolute Gasteiger partial charge is 0.256 e. The quantitative estimate of drug-likeness (QED) is 0.789. The van der Waals surface area contributed by atoms with Crippen molar-refractivity contribution in [3.63, 3.8) is 0 Å². The Morgan fingerprint density at radius 1 is 0.792 bits per heavy atom. The van der Waals surface area contributed by atoms with Crippen LogP contribution in [-0.2, 0) is 20.0 Å². The first kappa shape index (κ1) is 17.1. The number of nitrogens with zero attached hydrogens (tertiary/aromatic N) is 1. The minimum Gasteiger partial charge on any atom is -0.206 e. The van der Waals surface area contributed by atoms with Gasteiger partial charge in [0.15, 0.2) is 0 Å². The molecule has 1 atom stereocenters. The number of rotatable bonds is 6. The molecular formula is C17H19NO4S2. The van der Waals surface area contributed by atoms with Crippen molar-refractivity contribution >= 4 is 20.0 Å². The molecule has 0 bridgehead atoms. The van der Waals surface area contributed by atoms with Gasteiger partial charge in [-0.05, 0) is 49.9 Å². The van der Waals surface area contributed by atoms with Crippen molar-refractivity contribution in [2.45, 2.75) is 35.6 Å². The molecule has 24 heavy (non-hydrogen) atoms. The minimum atomic E-state index is -4.17. The summed E-state index contributed by atoms with van der Waals surface area (Å²) < 4.78 is 53.0. The minimum absolute atomic E-state index is 0.0167. The first-order valence-corrected chi connectivity index (χ1v) is 10.6. The highest BCUT2D eigenvalue weighted by Gasteiger charge is 2.45. The third kappa shape index (κ3) is 3.11. The van der Waals surface area contributed by atoms with E-state index in [1.165, 1.54) is 24.3 Å². The molecule has 1 saturated carbocycles. The van der Waals surface area contributed by atoms with E-state index < -0.39 is 26.1 Å². The Hall–Kier alpha value is -1.70. The van der Waals surface area contributed by atoms with Gasteiger partial charge in [-0.1, -0.05) is 40.1 Å². The van der Waals surface area contributed by atoms with Crippen LogP contribution in [0, 0.1) is 5.92 Å². The highest BCUT2D eigenvalue weighted by Crippen LogP contribution is 2.39. The van der Waals surface area contributed by atoms with Gasteiger partial charge in [-0.25, -0.2) is 16.8 Å². The van der Waals surface area contributed by atoms with Crippen LogP contribution in [-0.4, -0.2) is 26.6 Å². The molecule has 5 nitrogen and oxygen atoms in total. The van der Waals surface area contributed by atoms with E-state index in [0.717, 1.165) is 12.8 Å². The Kier molecular flexibility index (Phi) is 4.50.